The molecule has 0 radical (unpaired) electrons. The molecule has 0 fully saturated rings. The molecule has 1 aromatic carbocycles. The lowest BCUT2D eigenvalue weighted by molar-refractivity contribution is 0.165. The van der Waals surface area contributed by atoms with Gasteiger partial charge in [0.25, 0.3) is 0 Å². The highest BCUT2D eigenvalue weighted by atomic mass is 127. The van der Waals surface area contributed by atoms with Gasteiger partial charge in [0, 0.05) is 3.57 Å². The Kier molecular flexibility index (Phi) is 4.01. The van der Waals surface area contributed by atoms with E-state index in [9.17, 15) is 5.11 Å². The molecule has 2 heteroatoms. The molecule has 0 aliphatic carbocycles. The van der Waals surface area contributed by atoms with E-state index >= 15 is 0 Å². The third-order valence-electron chi connectivity index (χ3n) is 1.83. The van der Waals surface area contributed by atoms with Crippen LogP contribution < -0.4 is 0 Å². The van der Waals surface area contributed by atoms with Crippen LogP contribution in [0.3, 0.4) is 0 Å². The van der Waals surface area contributed by atoms with Crippen molar-refractivity contribution in [1.29, 1.82) is 0 Å². The van der Waals surface area contributed by atoms with Gasteiger partial charge in [-0.3, -0.25) is 0 Å². The van der Waals surface area contributed by atoms with Gasteiger partial charge in [0.05, 0.1) is 6.10 Å². The number of hydrogen-bond acceptors (Lipinski definition) is 1. The van der Waals surface area contributed by atoms with Crippen LogP contribution in [0.5, 0.6) is 0 Å². The molecule has 0 aliphatic rings. The van der Waals surface area contributed by atoms with E-state index in [-0.39, 0.29) is 6.10 Å². The van der Waals surface area contributed by atoms with Crippen molar-refractivity contribution in [2.24, 2.45) is 0 Å². The maximum Gasteiger partial charge on any atom is 0.0800 e. The maximum absolute atomic E-state index is 9.70. The average Bonchev–Trinajstić information content (AvgIpc) is 2.05. The Labute approximate surface area is 86.9 Å². The van der Waals surface area contributed by atoms with E-state index in [0.717, 1.165) is 22.0 Å². The Morgan fingerprint density at radius 2 is 2.08 bits per heavy atom. The third kappa shape index (κ3) is 2.45. The predicted octanol–water partition coefficient (Wildman–Crippen LogP) is 3.12. The largest absolute Gasteiger partial charge is 0.388 e. The van der Waals surface area contributed by atoms with E-state index in [1.807, 2.05) is 24.3 Å². The quantitative estimate of drug-likeness (QED) is 0.841. The second-order valence-electron chi connectivity index (χ2n) is 2.83. The van der Waals surface area contributed by atoms with Crippen LogP contribution in [0.25, 0.3) is 0 Å². The fourth-order valence-corrected chi connectivity index (χ4v) is 1.92. The summed E-state index contributed by atoms with van der Waals surface area (Å²) >= 11 is 2.26. The van der Waals surface area contributed by atoms with Gasteiger partial charge in [-0.15, -0.1) is 0 Å². The molecule has 0 aliphatic heterocycles. The summed E-state index contributed by atoms with van der Waals surface area (Å²) in [4.78, 5) is 0. The summed E-state index contributed by atoms with van der Waals surface area (Å²) in [6, 6.07) is 7.97. The molecule has 0 bridgehead atoms. The van der Waals surface area contributed by atoms with Crippen LogP contribution in [-0.4, -0.2) is 5.11 Å². The smallest absolute Gasteiger partial charge is 0.0800 e. The lowest BCUT2D eigenvalue weighted by Gasteiger charge is -2.10. The number of aliphatic hydroxyl groups excluding tert-OH is 1. The molecule has 1 rings (SSSR count). The number of benzene rings is 1. The first kappa shape index (κ1) is 9.99. The average molecular weight is 276 g/mol. The summed E-state index contributed by atoms with van der Waals surface area (Å²) < 4.78 is 1.15. The molecule has 0 spiro atoms. The van der Waals surface area contributed by atoms with E-state index in [4.69, 9.17) is 0 Å². The minimum Gasteiger partial charge on any atom is -0.388 e. The minimum atomic E-state index is -0.289. The van der Waals surface area contributed by atoms with Gasteiger partial charge in [0.1, 0.15) is 0 Å². The Hall–Kier alpha value is -0.0900. The van der Waals surface area contributed by atoms with Crippen LogP contribution >= 0.6 is 22.6 Å². The molecule has 66 valence electrons. The lowest BCUT2D eigenvalue weighted by atomic mass is 10.1. The van der Waals surface area contributed by atoms with Gasteiger partial charge in [0.2, 0.25) is 0 Å². The van der Waals surface area contributed by atoms with E-state index in [0.29, 0.717) is 0 Å². The molecular formula is C10H13IO. The monoisotopic (exact) mass is 276 g/mol. The van der Waals surface area contributed by atoms with Crippen LogP contribution in [0, 0.1) is 3.57 Å². The van der Waals surface area contributed by atoms with Crippen molar-refractivity contribution < 1.29 is 5.11 Å². The SMILES string of the molecule is CCC[C@H](O)c1ccccc1I. The topological polar surface area (TPSA) is 20.2 Å². The summed E-state index contributed by atoms with van der Waals surface area (Å²) in [6.45, 7) is 2.08. The molecule has 0 heterocycles. The first-order valence-corrected chi connectivity index (χ1v) is 5.26. The van der Waals surface area contributed by atoms with E-state index in [2.05, 4.69) is 29.5 Å². The highest BCUT2D eigenvalue weighted by Crippen LogP contribution is 2.22. The first-order valence-electron chi connectivity index (χ1n) is 4.18. The molecule has 1 nitrogen and oxygen atoms in total. The van der Waals surface area contributed by atoms with Crippen molar-refractivity contribution in [1.82, 2.24) is 0 Å². The van der Waals surface area contributed by atoms with Crippen LogP contribution in [0.2, 0.25) is 0 Å². The van der Waals surface area contributed by atoms with Gasteiger partial charge in [-0.1, -0.05) is 31.5 Å². The zero-order valence-corrected chi connectivity index (χ0v) is 9.28. The highest BCUT2D eigenvalue weighted by Gasteiger charge is 2.08. The molecule has 0 amide bonds. The minimum absolute atomic E-state index is 0.289. The van der Waals surface area contributed by atoms with Crippen molar-refractivity contribution in [3.8, 4) is 0 Å². The Morgan fingerprint density at radius 3 is 2.67 bits per heavy atom. The van der Waals surface area contributed by atoms with Crippen molar-refractivity contribution in [3.05, 3.63) is 33.4 Å². The lowest BCUT2D eigenvalue weighted by Crippen LogP contribution is -1.98. The van der Waals surface area contributed by atoms with Crippen molar-refractivity contribution in [2.45, 2.75) is 25.9 Å². The predicted molar refractivity (Wildman–Crippen MR) is 59.0 cm³/mol. The maximum atomic E-state index is 9.70. The molecule has 0 unspecified atom stereocenters. The van der Waals surface area contributed by atoms with E-state index in [1.54, 1.807) is 0 Å². The number of aliphatic hydroxyl groups is 1. The summed E-state index contributed by atoms with van der Waals surface area (Å²) in [6.07, 6.45) is 1.58. The van der Waals surface area contributed by atoms with Crippen molar-refractivity contribution >= 4 is 22.6 Å². The van der Waals surface area contributed by atoms with Crippen LogP contribution in [0.15, 0.2) is 24.3 Å². The van der Waals surface area contributed by atoms with Gasteiger partial charge in [-0.05, 0) is 40.6 Å². The second kappa shape index (κ2) is 4.82. The molecule has 0 saturated carbocycles. The molecule has 1 N–H and O–H groups in total. The van der Waals surface area contributed by atoms with Gasteiger partial charge in [-0.2, -0.15) is 0 Å². The van der Waals surface area contributed by atoms with Crippen LogP contribution in [-0.2, 0) is 0 Å². The molecule has 12 heavy (non-hydrogen) atoms. The zero-order valence-electron chi connectivity index (χ0n) is 7.13. The fourth-order valence-electron chi connectivity index (χ4n) is 1.17. The second-order valence-corrected chi connectivity index (χ2v) is 3.99. The van der Waals surface area contributed by atoms with Gasteiger partial charge >= 0.3 is 0 Å². The molecule has 0 saturated heterocycles. The highest BCUT2D eigenvalue weighted by molar-refractivity contribution is 14.1. The number of rotatable bonds is 3. The summed E-state index contributed by atoms with van der Waals surface area (Å²) in [5.41, 5.74) is 1.06. The standard InChI is InChI=1S/C10H13IO/c1-2-5-10(12)8-6-3-4-7-9(8)11/h3-4,6-7,10,12H,2,5H2,1H3/t10-/m0/s1. The summed E-state index contributed by atoms with van der Waals surface area (Å²) in [5, 5.41) is 9.70. The molecule has 1 atom stereocenters. The third-order valence-corrected chi connectivity index (χ3v) is 2.81. The van der Waals surface area contributed by atoms with Gasteiger partial charge in [-0.25, -0.2) is 0 Å². The Morgan fingerprint density at radius 1 is 1.42 bits per heavy atom. The van der Waals surface area contributed by atoms with Gasteiger partial charge < -0.3 is 5.11 Å². The molecular weight excluding hydrogens is 263 g/mol. The first-order chi connectivity index (χ1) is 5.75. The van der Waals surface area contributed by atoms with Crippen LogP contribution in [0.1, 0.15) is 31.4 Å². The Bertz CT molecular complexity index is 247. The summed E-state index contributed by atoms with van der Waals surface area (Å²) in [7, 11) is 0. The van der Waals surface area contributed by atoms with Crippen molar-refractivity contribution in [3.63, 3.8) is 0 Å². The van der Waals surface area contributed by atoms with E-state index in [1.165, 1.54) is 0 Å². The normalized spacial score (nSPS) is 12.9. The van der Waals surface area contributed by atoms with Crippen molar-refractivity contribution in [2.75, 3.05) is 0 Å². The van der Waals surface area contributed by atoms with Crippen LogP contribution in [0.4, 0.5) is 0 Å². The molecule has 1 aromatic rings. The zero-order chi connectivity index (χ0) is 8.97. The fraction of sp³-hybridized carbons (Fsp3) is 0.400. The number of halogens is 1. The summed E-state index contributed by atoms with van der Waals surface area (Å²) in [5.74, 6) is 0. The van der Waals surface area contributed by atoms with E-state index < -0.39 is 0 Å². The number of hydrogen-bond donors (Lipinski definition) is 1. The molecule has 0 aromatic heterocycles. The Balaban J connectivity index is 2.79. The van der Waals surface area contributed by atoms with Gasteiger partial charge in [0.15, 0.2) is 0 Å².